The second-order valence-corrected chi connectivity index (χ2v) is 4.96. The van der Waals surface area contributed by atoms with Crippen LogP contribution in [0.15, 0.2) is 36.4 Å². The van der Waals surface area contributed by atoms with E-state index < -0.39 is 0 Å². The van der Waals surface area contributed by atoms with Crippen LogP contribution in [0.4, 0.5) is 5.69 Å². The lowest BCUT2D eigenvalue weighted by Crippen LogP contribution is -2.04. The number of nitrogens with two attached hydrogens (primary N) is 1. The number of hydrogen-bond acceptors (Lipinski definition) is 3. The minimum atomic E-state index is -0.168. The number of hydrogen-bond donors (Lipinski definition) is 1. The summed E-state index contributed by atoms with van der Waals surface area (Å²) in [5.74, 6) is 0.400. The van der Waals surface area contributed by atoms with Gasteiger partial charge in [0.1, 0.15) is 5.75 Å². The molecule has 0 aliphatic carbocycles. The van der Waals surface area contributed by atoms with E-state index in [1.54, 1.807) is 36.4 Å². The van der Waals surface area contributed by atoms with E-state index in [4.69, 9.17) is 33.7 Å². The fourth-order valence-electron chi connectivity index (χ4n) is 1.78. The van der Waals surface area contributed by atoms with Gasteiger partial charge in [0.15, 0.2) is 5.78 Å². The van der Waals surface area contributed by atoms with Gasteiger partial charge in [-0.05, 0) is 43.3 Å². The summed E-state index contributed by atoms with van der Waals surface area (Å²) in [6, 6.07) is 9.71. The summed E-state index contributed by atoms with van der Waals surface area (Å²) < 4.78 is 5.34. The Morgan fingerprint density at radius 3 is 2.35 bits per heavy atom. The highest BCUT2D eigenvalue weighted by atomic mass is 35.5. The van der Waals surface area contributed by atoms with E-state index in [1.807, 2.05) is 6.92 Å². The number of carbonyl (C=O) groups excluding carboxylic acids is 1. The summed E-state index contributed by atoms with van der Waals surface area (Å²) in [6.45, 7) is 2.39. The molecule has 0 spiro atoms. The fourth-order valence-corrected chi connectivity index (χ4v) is 2.08. The monoisotopic (exact) mass is 309 g/mol. The Morgan fingerprint density at radius 1 is 1.10 bits per heavy atom. The second-order valence-electron chi connectivity index (χ2n) is 4.14. The summed E-state index contributed by atoms with van der Waals surface area (Å²) in [4.78, 5) is 12.3. The Hall–Kier alpha value is -1.71. The van der Waals surface area contributed by atoms with Crippen molar-refractivity contribution in [2.75, 3.05) is 12.3 Å². The zero-order valence-electron chi connectivity index (χ0n) is 10.8. The van der Waals surface area contributed by atoms with Crippen molar-refractivity contribution in [3.05, 3.63) is 57.6 Å². The van der Waals surface area contributed by atoms with E-state index in [2.05, 4.69) is 0 Å². The number of nitrogen functional groups attached to an aromatic ring is 1. The zero-order chi connectivity index (χ0) is 14.7. The maximum absolute atomic E-state index is 12.3. The molecule has 0 fully saturated rings. The standard InChI is InChI=1S/C15H13Cl2NO2/c1-2-20-14-6-4-10(8-13(14)18)15(19)9-3-5-11(16)12(17)7-9/h3-8H,2,18H2,1H3. The lowest BCUT2D eigenvalue weighted by atomic mass is 10.0. The third-order valence-corrected chi connectivity index (χ3v) is 3.49. The van der Waals surface area contributed by atoms with E-state index in [0.29, 0.717) is 39.2 Å². The van der Waals surface area contributed by atoms with Gasteiger partial charge in [-0.15, -0.1) is 0 Å². The average molecular weight is 310 g/mol. The van der Waals surface area contributed by atoms with Crippen LogP contribution in [-0.4, -0.2) is 12.4 Å². The Labute approximate surface area is 127 Å². The molecule has 5 heteroatoms. The van der Waals surface area contributed by atoms with Gasteiger partial charge >= 0.3 is 0 Å². The van der Waals surface area contributed by atoms with Crippen molar-refractivity contribution in [3.63, 3.8) is 0 Å². The molecule has 0 bridgehead atoms. The molecule has 0 saturated carbocycles. The van der Waals surface area contributed by atoms with Gasteiger partial charge in [0.05, 0.1) is 22.3 Å². The summed E-state index contributed by atoms with van der Waals surface area (Å²) in [6.07, 6.45) is 0. The molecule has 0 atom stereocenters. The van der Waals surface area contributed by atoms with Crippen LogP contribution in [0.25, 0.3) is 0 Å². The van der Waals surface area contributed by atoms with Crippen molar-refractivity contribution >= 4 is 34.7 Å². The quantitative estimate of drug-likeness (QED) is 0.680. The molecular formula is C15H13Cl2NO2. The Kier molecular flexibility index (Phi) is 4.53. The molecule has 0 aliphatic rings. The first kappa shape index (κ1) is 14.7. The van der Waals surface area contributed by atoms with E-state index in [-0.39, 0.29) is 5.78 Å². The molecule has 0 aliphatic heterocycles. The highest BCUT2D eigenvalue weighted by Crippen LogP contribution is 2.26. The lowest BCUT2D eigenvalue weighted by Gasteiger charge is -2.08. The van der Waals surface area contributed by atoms with Crippen molar-refractivity contribution in [2.24, 2.45) is 0 Å². The molecule has 2 rings (SSSR count). The summed E-state index contributed by atoms with van der Waals surface area (Å²) in [7, 11) is 0. The van der Waals surface area contributed by atoms with Crippen LogP contribution in [0.3, 0.4) is 0 Å². The first-order valence-corrected chi connectivity index (χ1v) is 6.80. The zero-order valence-corrected chi connectivity index (χ0v) is 12.3. The average Bonchev–Trinajstić information content (AvgIpc) is 2.43. The second kappa shape index (κ2) is 6.16. The molecular weight excluding hydrogens is 297 g/mol. The van der Waals surface area contributed by atoms with Gasteiger partial charge in [-0.2, -0.15) is 0 Å². The van der Waals surface area contributed by atoms with Crippen molar-refractivity contribution in [3.8, 4) is 5.75 Å². The minimum absolute atomic E-state index is 0.168. The van der Waals surface area contributed by atoms with Crippen LogP contribution < -0.4 is 10.5 Å². The number of carbonyl (C=O) groups is 1. The molecule has 0 amide bonds. The summed E-state index contributed by atoms with van der Waals surface area (Å²) in [5.41, 5.74) is 7.22. The number of halogens is 2. The number of benzene rings is 2. The molecule has 2 aromatic rings. The van der Waals surface area contributed by atoms with Gasteiger partial charge in [0.25, 0.3) is 0 Å². The third-order valence-electron chi connectivity index (χ3n) is 2.75. The van der Waals surface area contributed by atoms with Gasteiger partial charge in [0, 0.05) is 11.1 Å². The lowest BCUT2D eigenvalue weighted by molar-refractivity contribution is 0.103. The number of ether oxygens (including phenoxy) is 1. The molecule has 0 saturated heterocycles. The smallest absolute Gasteiger partial charge is 0.193 e. The van der Waals surface area contributed by atoms with Gasteiger partial charge in [-0.1, -0.05) is 23.2 Å². The van der Waals surface area contributed by atoms with Crippen LogP contribution in [0.1, 0.15) is 22.8 Å². The van der Waals surface area contributed by atoms with Crippen LogP contribution in [0.2, 0.25) is 10.0 Å². The summed E-state index contributed by atoms with van der Waals surface area (Å²) >= 11 is 11.7. The van der Waals surface area contributed by atoms with Crippen molar-refractivity contribution in [2.45, 2.75) is 6.92 Å². The van der Waals surface area contributed by atoms with Crippen molar-refractivity contribution < 1.29 is 9.53 Å². The number of anilines is 1. The predicted molar refractivity (Wildman–Crippen MR) is 81.9 cm³/mol. The topological polar surface area (TPSA) is 52.3 Å². The van der Waals surface area contributed by atoms with Crippen LogP contribution in [0, 0.1) is 0 Å². The normalized spacial score (nSPS) is 10.3. The SMILES string of the molecule is CCOc1ccc(C(=O)c2ccc(Cl)c(Cl)c2)cc1N. The van der Waals surface area contributed by atoms with E-state index >= 15 is 0 Å². The molecule has 3 nitrogen and oxygen atoms in total. The van der Waals surface area contributed by atoms with E-state index in [9.17, 15) is 4.79 Å². The largest absolute Gasteiger partial charge is 0.492 e. The molecule has 0 aromatic heterocycles. The Balaban J connectivity index is 2.33. The first-order valence-electron chi connectivity index (χ1n) is 6.05. The maximum Gasteiger partial charge on any atom is 0.193 e. The van der Waals surface area contributed by atoms with Crippen molar-refractivity contribution in [1.82, 2.24) is 0 Å². The van der Waals surface area contributed by atoms with Gasteiger partial charge in [-0.25, -0.2) is 0 Å². The number of rotatable bonds is 4. The predicted octanol–water partition coefficient (Wildman–Crippen LogP) is 4.21. The number of ketones is 1. The highest BCUT2D eigenvalue weighted by molar-refractivity contribution is 6.42. The van der Waals surface area contributed by atoms with E-state index in [1.165, 1.54) is 0 Å². The van der Waals surface area contributed by atoms with Crippen molar-refractivity contribution in [1.29, 1.82) is 0 Å². The van der Waals surface area contributed by atoms with Gasteiger partial charge < -0.3 is 10.5 Å². The third kappa shape index (κ3) is 3.06. The first-order chi connectivity index (χ1) is 9.52. The highest BCUT2D eigenvalue weighted by Gasteiger charge is 2.12. The molecule has 104 valence electrons. The molecule has 2 aromatic carbocycles. The molecule has 0 heterocycles. The van der Waals surface area contributed by atoms with E-state index in [0.717, 1.165) is 0 Å². The fraction of sp³-hybridized carbons (Fsp3) is 0.133. The molecule has 20 heavy (non-hydrogen) atoms. The Bertz CT molecular complexity index is 656. The summed E-state index contributed by atoms with van der Waals surface area (Å²) in [5, 5.41) is 0.755. The minimum Gasteiger partial charge on any atom is -0.492 e. The van der Waals surface area contributed by atoms with Crippen LogP contribution >= 0.6 is 23.2 Å². The molecule has 0 unspecified atom stereocenters. The van der Waals surface area contributed by atoms with Gasteiger partial charge in [-0.3, -0.25) is 4.79 Å². The molecule has 2 N–H and O–H groups in total. The van der Waals surface area contributed by atoms with Crippen LogP contribution in [-0.2, 0) is 0 Å². The van der Waals surface area contributed by atoms with Gasteiger partial charge in [0.2, 0.25) is 0 Å². The Morgan fingerprint density at radius 2 is 1.75 bits per heavy atom. The maximum atomic E-state index is 12.3. The van der Waals surface area contributed by atoms with Crippen LogP contribution in [0.5, 0.6) is 5.75 Å². The molecule has 0 radical (unpaired) electrons.